The van der Waals surface area contributed by atoms with E-state index in [0.717, 1.165) is 80.1 Å². The summed E-state index contributed by atoms with van der Waals surface area (Å²) in [5.41, 5.74) is 5.61. The smallest absolute Gasteiger partial charge is 0.411 e. The Kier molecular flexibility index (Phi) is 7.53. The van der Waals surface area contributed by atoms with Crippen LogP contribution in [0.25, 0.3) is 11.0 Å². The Morgan fingerprint density at radius 2 is 1.82 bits per heavy atom. The molecule has 1 aliphatic heterocycles. The van der Waals surface area contributed by atoms with E-state index in [1.165, 1.54) is 7.11 Å². The van der Waals surface area contributed by atoms with Crippen LogP contribution < -0.4 is 15.6 Å². The monoisotopic (exact) mass is 463 g/mol. The second-order valence-corrected chi connectivity index (χ2v) is 8.98. The van der Waals surface area contributed by atoms with Gasteiger partial charge in [-0.2, -0.15) is 0 Å². The first-order valence-corrected chi connectivity index (χ1v) is 11.9. The minimum Gasteiger partial charge on any atom is -0.464 e. The van der Waals surface area contributed by atoms with Crippen molar-refractivity contribution in [1.82, 2.24) is 4.90 Å². The summed E-state index contributed by atoms with van der Waals surface area (Å²) in [5, 5.41) is 3.40. The zero-order valence-corrected chi connectivity index (χ0v) is 20.2. The Balaban J connectivity index is 1.24. The van der Waals surface area contributed by atoms with Crippen molar-refractivity contribution < 1.29 is 13.9 Å². The van der Waals surface area contributed by atoms with E-state index < -0.39 is 6.09 Å². The maximum atomic E-state index is 12.9. The summed E-state index contributed by atoms with van der Waals surface area (Å²) in [4.78, 5) is 29.1. The van der Waals surface area contributed by atoms with Gasteiger partial charge in [0.05, 0.1) is 18.8 Å². The number of hydrogen-bond acceptors (Lipinski definition) is 6. The molecule has 0 bridgehead atoms. The number of benzene rings is 2. The Morgan fingerprint density at radius 3 is 2.59 bits per heavy atom. The van der Waals surface area contributed by atoms with Crippen LogP contribution in [-0.2, 0) is 11.2 Å². The number of carbonyl (C=O) groups excluding carboxylic acids is 1. The highest BCUT2D eigenvalue weighted by atomic mass is 16.5. The summed E-state index contributed by atoms with van der Waals surface area (Å²) in [6, 6.07) is 11.7. The van der Waals surface area contributed by atoms with Crippen LogP contribution in [0.15, 0.2) is 51.9 Å². The first kappa shape index (κ1) is 23.8. The molecule has 2 heterocycles. The van der Waals surface area contributed by atoms with Crippen molar-refractivity contribution in [3.63, 3.8) is 0 Å². The van der Waals surface area contributed by atoms with E-state index in [1.54, 1.807) is 6.26 Å². The molecule has 1 aromatic heterocycles. The van der Waals surface area contributed by atoms with Crippen LogP contribution in [0.3, 0.4) is 0 Å². The van der Waals surface area contributed by atoms with Crippen LogP contribution in [-0.4, -0.2) is 50.8 Å². The van der Waals surface area contributed by atoms with Gasteiger partial charge < -0.3 is 14.1 Å². The number of ether oxygens (including phenoxy) is 1. The van der Waals surface area contributed by atoms with Crippen LogP contribution in [0.4, 0.5) is 16.2 Å². The molecule has 0 atom stereocenters. The summed E-state index contributed by atoms with van der Waals surface area (Å²) in [6.07, 6.45) is 3.92. The van der Waals surface area contributed by atoms with E-state index in [1.807, 2.05) is 44.2 Å². The third-order valence-corrected chi connectivity index (χ3v) is 6.65. The minimum absolute atomic E-state index is 0.0990. The normalized spacial score (nSPS) is 14.4. The third-order valence-electron chi connectivity index (χ3n) is 6.65. The van der Waals surface area contributed by atoms with Gasteiger partial charge in [0.15, 0.2) is 5.43 Å². The Bertz CT molecular complexity index is 1210. The van der Waals surface area contributed by atoms with Crippen molar-refractivity contribution in [2.45, 2.75) is 33.1 Å². The molecule has 180 valence electrons. The van der Waals surface area contributed by atoms with Gasteiger partial charge in [0, 0.05) is 43.1 Å². The van der Waals surface area contributed by atoms with Crippen molar-refractivity contribution in [1.29, 1.82) is 0 Å². The van der Waals surface area contributed by atoms with Crippen molar-refractivity contribution in [3.05, 3.63) is 69.6 Å². The van der Waals surface area contributed by atoms with Gasteiger partial charge in [-0.15, -0.1) is 0 Å². The number of nitrogens with zero attached hydrogens (tertiary/aromatic N) is 2. The molecule has 3 aromatic rings. The van der Waals surface area contributed by atoms with Gasteiger partial charge in [-0.25, -0.2) is 4.79 Å². The molecule has 0 saturated carbocycles. The fourth-order valence-corrected chi connectivity index (χ4v) is 4.43. The highest BCUT2D eigenvalue weighted by molar-refractivity contribution is 5.85. The standard InChI is InChI=1S/C27H33N3O4/c1-19-15-24-25(16-20(19)2)34-18-21(26(24)31)7-4-5-10-29-11-13-30(14-12-29)23-9-6-8-22(17-23)28-27(32)33-3/h6,8-9,15-18H,4-5,7,10-14H2,1-3H3,(H,28,32). The average Bonchev–Trinajstić information content (AvgIpc) is 2.85. The lowest BCUT2D eigenvalue weighted by Crippen LogP contribution is -2.46. The second kappa shape index (κ2) is 10.7. The molecule has 7 heteroatoms. The topological polar surface area (TPSA) is 75.0 Å². The van der Waals surface area contributed by atoms with Crippen molar-refractivity contribution in [2.75, 3.05) is 50.1 Å². The predicted molar refractivity (Wildman–Crippen MR) is 136 cm³/mol. The molecule has 1 saturated heterocycles. The number of unbranched alkanes of at least 4 members (excludes halogenated alkanes) is 1. The fourth-order valence-electron chi connectivity index (χ4n) is 4.43. The number of carbonyl (C=O) groups is 1. The molecule has 0 unspecified atom stereocenters. The first-order valence-electron chi connectivity index (χ1n) is 11.9. The van der Waals surface area contributed by atoms with Gasteiger partial charge in [-0.3, -0.25) is 15.0 Å². The van der Waals surface area contributed by atoms with Crippen molar-refractivity contribution >= 4 is 28.4 Å². The molecule has 0 spiro atoms. The minimum atomic E-state index is -0.464. The van der Waals surface area contributed by atoms with E-state index in [9.17, 15) is 9.59 Å². The van der Waals surface area contributed by atoms with Crippen LogP contribution in [0.5, 0.6) is 0 Å². The molecule has 2 aromatic carbocycles. The van der Waals surface area contributed by atoms with Crippen LogP contribution >= 0.6 is 0 Å². The molecule has 4 rings (SSSR count). The van der Waals surface area contributed by atoms with Gasteiger partial charge in [0.25, 0.3) is 0 Å². The maximum absolute atomic E-state index is 12.9. The molecule has 1 fully saturated rings. The molecule has 0 aliphatic carbocycles. The Labute approximate surface area is 200 Å². The van der Waals surface area contributed by atoms with Crippen LogP contribution in [0.2, 0.25) is 0 Å². The fraction of sp³-hybridized carbons (Fsp3) is 0.407. The Hall–Kier alpha value is -3.32. The maximum Gasteiger partial charge on any atom is 0.411 e. The number of hydrogen-bond donors (Lipinski definition) is 1. The quantitative estimate of drug-likeness (QED) is 0.511. The molecular weight excluding hydrogens is 430 g/mol. The van der Waals surface area contributed by atoms with Gasteiger partial charge >= 0.3 is 6.09 Å². The number of nitrogens with one attached hydrogen (secondary N) is 1. The summed E-state index contributed by atoms with van der Waals surface area (Å²) >= 11 is 0. The number of piperazine rings is 1. The molecule has 0 radical (unpaired) electrons. The van der Waals surface area contributed by atoms with Crippen LogP contribution in [0, 0.1) is 13.8 Å². The summed E-state index contributed by atoms with van der Waals surface area (Å²) in [7, 11) is 1.36. The number of amides is 1. The first-order chi connectivity index (χ1) is 16.4. The van der Waals surface area contributed by atoms with E-state index in [-0.39, 0.29) is 5.43 Å². The van der Waals surface area contributed by atoms with E-state index >= 15 is 0 Å². The number of anilines is 2. The SMILES string of the molecule is COC(=O)Nc1cccc(N2CCN(CCCCc3coc4cc(C)c(C)cc4c3=O)CC2)c1. The van der Waals surface area contributed by atoms with Gasteiger partial charge in [-0.05, 0) is 81.1 Å². The lowest BCUT2D eigenvalue weighted by molar-refractivity contribution is 0.187. The largest absolute Gasteiger partial charge is 0.464 e. The van der Waals surface area contributed by atoms with Crippen LogP contribution in [0.1, 0.15) is 29.5 Å². The lowest BCUT2D eigenvalue weighted by atomic mass is 10.0. The second-order valence-electron chi connectivity index (χ2n) is 8.98. The summed E-state index contributed by atoms with van der Waals surface area (Å²) < 4.78 is 10.4. The number of methoxy groups -OCH3 is 1. The molecule has 1 N–H and O–H groups in total. The number of aryl methyl sites for hydroxylation is 3. The number of rotatable bonds is 7. The van der Waals surface area contributed by atoms with E-state index in [4.69, 9.17) is 4.42 Å². The highest BCUT2D eigenvalue weighted by Gasteiger charge is 2.17. The van der Waals surface area contributed by atoms with E-state index in [2.05, 4.69) is 25.9 Å². The zero-order chi connectivity index (χ0) is 24.1. The van der Waals surface area contributed by atoms with Gasteiger partial charge in [-0.1, -0.05) is 6.07 Å². The summed E-state index contributed by atoms with van der Waals surface area (Å²) in [6.45, 7) is 8.94. The third kappa shape index (κ3) is 5.59. The molecule has 1 amide bonds. The lowest BCUT2D eigenvalue weighted by Gasteiger charge is -2.36. The number of fused-ring (bicyclic) bond motifs is 1. The molecule has 7 nitrogen and oxygen atoms in total. The van der Waals surface area contributed by atoms with Gasteiger partial charge in [0.2, 0.25) is 0 Å². The van der Waals surface area contributed by atoms with Gasteiger partial charge in [0.1, 0.15) is 5.58 Å². The zero-order valence-electron chi connectivity index (χ0n) is 20.2. The summed E-state index contributed by atoms with van der Waals surface area (Å²) in [5.74, 6) is 0. The molecule has 1 aliphatic rings. The average molecular weight is 464 g/mol. The molecule has 34 heavy (non-hydrogen) atoms. The predicted octanol–water partition coefficient (Wildman–Crippen LogP) is 4.73. The highest BCUT2D eigenvalue weighted by Crippen LogP contribution is 2.22. The molecular formula is C27H33N3O4. The van der Waals surface area contributed by atoms with Crippen molar-refractivity contribution in [2.24, 2.45) is 0 Å². The van der Waals surface area contributed by atoms with E-state index in [0.29, 0.717) is 11.0 Å². The van der Waals surface area contributed by atoms with Crippen molar-refractivity contribution in [3.8, 4) is 0 Å². The Morgan fingerprint density at radius 1 is 1.06 bits per heavy atom.